The minimum absolute atomic E-state index is 0.00965. The van der Waals surface area contributed by atoms with Crippen LogP contribution in [0.4, 0.5) is 0 Å². The van der Waals surface area contributed by atoms with Gasteiger partial charge in [0.2, 0.25) is 0 Å². The fraction of sp³-hybridized carbons (Fsp3) is 0.129. The second kappa shape index (κ2) is 10.6. The number of amides is 1. The van der Waals surface area contributed by atoms with Crippen LogP contribution in [-0.4, -0.2) is 31.8 Å². The maximum absolute atomic E-state index is 13.2. The van der Waals surface area contributed by atoms with Crippen LogP contribution < -0.4 is 4.74 Å². The van der Waals surface area contributed by atoms with Gasteiger partial charge >= 0.3 is 0 Å². The molecule has 0 aliphatic carbocycles. The van der Waals surface area contributed by atoms with Gasteiger partial charge < -0.3 is 19.8 Å². The first-order valence-electron chi connectivity index (χ1n) is 12.2. The van der Waals surface area contributed by atoms with Crippen molar-refractivity contribution in [2.45, 2.75) is 26.1 Å². The molecule has 3 aromatic carbocycles. The van der Waals surface area contributed by atoms with Crippen molar-refractivity contribution in [3.8, 4) is 11.5 Å². The second-order valence-electron chi connectivity index (χ2n) is 9.19. The lowest BCUT2D eigenvalue weighted by molar-refractivity contribution is -0.140. The molecule has 190 valence electrons. The van der Waals surface area contributed by atoms with Crippen LogP contribution in [0.25, 0.3) is 5.76 Å². The Hall–Kier alpha value is -4.91. The minimum Gasteiger partial charge on any atom is -0.508 e. The van der Waals surface area contributed by atoms with Gasteiger partial charge in [-0.2, -0.15) is 0 Å². The van der Waals surface area contributed by atoms with Gasteiger partial charge in [0.25, 0.3) is 11.7 Å². The highest BCUT2D eigenvalue weighted by atomic mass is 16.5. The van der Waals surface area contributed by atoms with Gasteiger partial charge in [-0.3, -0.25) is 14.6 Å². The molecule has 1 aromatic heterocycles. The first-order valence-corrected chi connectivity index (χ1v) is 12.2. The molecule has 1 aliphatic heterocycles. The van der Waals surface area contributed by atoms with E-state index in [1.807, 2.05) is 31.2 Å². The molecule has 38 heavy (non-hydrogen) atoms. The van der Waals surface area contributed by atoms with Crippen molar-refractivity contribution in [3.63, 3.8) is 0 Å². The Morgan fingerprint density at radius 2 is 1.71 bits per heavy atom. The predicted octanol–water partition coefficient (Wildman–Crippen LogP) is 5.30. The lowest BCUT2D eigenvalue weighted by Gasteiger charge is -2.25. The molecule has 0 spiro atoms. The number of carbonyl (C=O) groups is 2. The number of benzene rings is 3. The van der Waals surface area contributed by atoms with E-state index >= 15 is 0 Å². The van der Waals surface area contributed by atoms with Crippen LogP contribution in [0, 0.1) is 6.92 Å². The maximum Gasteiger partial charge on any atom is 0.295 e. The van der Waals surface area contributed by atoms with E-state index in [9.17, 15) is 19.8 Å². The van der Waals surface area contributed by atoms with Crippen LogP contribution >= 0.6 is 0 Å². The number of ketones is 1. The molecule has 1 atom stereocenters. The van der Waals surface area contributed by atoms with Crippen LogP contribution in [0.1, 0.15) is 33.9 Å². The Morgan fingerprint density at radius 3 is 2.42 bits per heavy atom. The monoisotopic (exact) mass is 506 g/mol. The molecule has 4 aromatic rings. The van der Waals surface area contributed by atoms with E-state index in [1.165, 1.54) is 17.0 Å². The smallest absolute Gasteiger partial charge is 0.295 e. The molecule has 1 saturated heterocycles. The molecule has 1 unspecified atom stereocenters. The molecule has 2 N–H and O–H groups in total. The zero-order chi connectivity index (χ0) is 26.6. The van der Waals surface area contributed by atoms with Crippen molar-refractivity contribution in [3.05, 3.63) is 131 Å². The first-order chi connectivity index (χ1) is 18.4. The van der Waals surface area contributed by atoms with Crippen LogP contribution in [0.15, 0.2) is 103 Å². The lowest BCUT2D eigenvalue weighted by Crippen LogP contribution is -2.29. The number of Topliss-reactive ketones (excluding diaryl/α,β-unsaturated/α-hetero) is 1. The van der Waals surface area contributed by atoms with Crippen molar-refractivity contribution in [1.82, 2.24) is 9.88 Å². The number of carbonyl (C=O) groups excluding carboxylic acids is 2. The van der Waals surface area contributed by atoms with E-state index in [4.69, 9.17) is 4.74 Å². The van der Waals surface area contributed by atoms with E-state index in [1.54, 1.807) is 60.9 Å². The maximum atomic E-state index is 13.2. The molecule has 2 heterocycles. The molecule has 1 fully saturated rings. The Morgan fingerprint density at radius 1 is 0.947 bits per heavy atom. The van der Waals surface area contributed by atoms with Gasteiger partial charge in [-0.05, 0) is 66.1 Å². The fourth-order valence-corrected chi connectivity index (χ4v) is 4.61. The third-order valence-electron chi connectivity index (χ3n) is 6.42. The topological polar surface area (TPSA) is 100.0 Å². The largest absolute Gasteiger partial charge is 0.508 e. The number of aryl methyl sites for hydroxylation is 1. The second-order valence-corrected chi connectivity index (χ2v) is 9.19. The summed E-state index contributed by atoms with van der Waals surface area (Å²) in [5.74, 6) is -1.23. The summed E-state index contributed by atoms with van der Waals surface area (Å²) in [4.78, 5) is 31.9. The number of aromatic hydroxyl groups is 1. The number of rotatable bonds is 7. The number of aliphatic hydroxyl groups excluding tert-OH is 1. The summed E-state index contributed by atoms with van der Waals surface area (Å²) in [6.07, 6.45) is 3.24. The van der Waals surface area contributed by atoms with Gasteiger partial charge in [0.1, 0.15) is 23.9 Å². The number of hydrogen-bond acceptors (Lipinski definition) is 6. The highest BCUT2D eigenvalue weighted by Crippen LogP contribution is 2.41. The van der Waals surface area contributed by atoms with Gasteiger partial charge in [0.15, 0.2) is 0 Å². The molecule has 7 nitrogen and oxygen atoms in total. The molecule has 0 bridgehead atoms. The van der Waals surface area contributed by atoms with Gasteiger partial charge in [0, 0.05) is 24.5 Å². The molecular formula is C31H26N2O5. The van der Waals surface area contributed by atoms with Crippen molar-refractivity contribution in [1.29, 1.82) is 0 Å². The third kappa shape index (κ3) is 5.13. The average Bonchev–Trinajstić information content (AvgIpc) is 3.17. The normalized spacial score (nSPS) is 16.6. The number of phenols is 1. The number of pyridine rings is 1. The quantitative estimate of drug-likeness (QED) is 0.201. The first kappa shape index (κ1) is 24.8. The number of aromatic nitrogens is 1. The van der Waals surface area contributed by atoms with E-state index < -0.39 is 17.7 Å². The summed E-state index contributed by atoms with van der Waals surface area (Å²) in [5.41, 5.74) is 3.75. The van der Waals surface area contributed by atoms with Crippen LogP contribution in [0.5, 0.6) is 11.5 Å². The number of aliphatic hydroxyl groups is 1. The lowest BCUT2D eigenvalue weighted by atomic mass is 9.95. The molecule has 0 saturated carbocycles. The van der Waals surface area contributed by atoms with Gasteiger partial charge in [0.05, 0.1) is 11.6 Å². The Kier molecular flexibility index (Phi) is 6.91. The molecule has 1 aliphatic rings. The van der Waals surface area contributed by atoms with Crippen molar-refractivity contribution < 1.29 is 24.5 Å². The summed E-state index contributed by atoms with van der Waals surface area (Å²) in [5, 5.41) is 21.4. The fourth-order valence-electron chi connectivity index (χ4n) is 4.61. The highest BCUT2D eigenvalue weighted by molar-refractivity contribution is 6.46. The van der Waals surface area contributed by atoms with E-state index in [0.29, 0.717) is 23.5 Å². The van der Waals surface area contributed by atoms with Crippen molar-refractivity contribution in [2.75, 3.05) is 0 Å². The van der Waals surface area contributed by atoms with Crippen molar-refractivity contribution >= 4 is 17.4 Å². The zero-order valence-corrected chi connectivity index (χ0v) is 20.7. The Labute approximate surface area is 220 Å². The molecular weight excluding hydrogens is 480 g/mol. The predicted molar refractivity (Wildman–Crippen MR) is 142 cm³/mol. The summed E-state index contributed by atoms with van der Waals surface area (Å²) >= 11 is 0. The van der Waals surface area contributed by atoms with Crippen LogP contribution in [0.2, 0.25) is 0 Å². The summed E-state index contributed by atoms with van der Waals surface area (Å²) in [7, 11) is 0. The number of nitrogens with zero attached hydrogens (tertiary/aromatic N) is 2. The van der Waals surface area contributed by atoms with E-state index in [-0.39, 0.29) is 23.6 Å². The van der Waals surface area contributed by atoms with Gasteiger partial charge in [-0.1, -0.05) is 48.0 Å². The molecule has 1 amide bonds. The Bertz CT molecular complexity index is 1510. The Balaban J connectivity index is 1.47. The third-order valence-corrected chi connectivity index (χ3v) is 6.42. The molecule has 7 heteroatoms. The number of hydrogen-bond donors (Lipinski definition) is 2. The standard InChI is InChI=1S/C31H26N2O5/c1-20-5-2-6-21(15-20)19-38-26-12-10-23(11-13-26)29(35)27-28(24-8-3-9-25(34)16-24)33(31(37)30(27)36)18-22-7-4-14-32-17-22/h2-17,28,34-35H,18-19H2,1H3. The van der Waals surface area contributed by atoms with E-state index in [2.05, 4.69) is 4.98 Å². The highest BCUT2D eigenvalue weighted by Gasteiger charge is 2.46. The number of phenolic OH excluding ortho intramolecular Hbond substituents is 1. The van der Waals surface area contributed by atoms with E-state index in [0.717, 1.165) is 16.7 Å². The average molecular weight is 507 g/mol. The molecule has 0 radical (unpaired) electrons. The number of ether oxygens (including phenoxy) is 1. The summed E-state index contributed by atoms with van der Waals surface area (Å²) in [6, 6.07) is 23.7. The number of likely N-dealkylation sites (tertiary alicyclic amines) is 1. The minimum atomic E-state index is -0.889. The molecule has 5 rings (SSSR count). The SMILES string of the molecule is Cc1cccc(COc2ccc(C(O)=C3C(=O)C(=O)N(Cc4cccnc4)C3c3cccc(O)c3)cc2)c1. The summed E-state index contributed by atoms with van der Waals surface area (Å²) < 4.78 is 5.87. The summed E-state index contributed by atoms with van der Waals surface area (Å²) in [6.45, 7) is 2.52. The van der Waals surface area contributed by atoms with Crippen molar-refractivity contribution in [2.24, 2.45) is 0 Å². The van der Waals surface area contributed by atoms with Crippen LogP contribution in [0.3, 0.4) is 0 Å². The van der Waals surface area contributed by atoms with Crippen LogP contribution in [-0.2, 0) is 22.7 Å². The van der Waals surface area contributed by atoms with Gasteiger partial charge in [-0.15, -0.1) is 0 Å². The van der Waals surface area contributed by atoms with Gasteiger partial charge in [-0.25, -0.2) is 0 Å². The zero-order valence-electron chi connectivity index (χ0n) is 20.7.